The molecular formula is C12H15N3S. The van der Waals surface area contributed by atoms with Gasteiger partial charge in [-0.2, -0.15) is 0 Å². The maximum atomic E-state index is 3.94. The first-order valence-electron chi connectivity index (χ1n) is 5.34. The van der Waals surface area contributed by atoms with E-state index in [2.05, 4.69) is 48.4 Å². The highest BCUT2D eigenvalue weighted by Crippen LogP contribution is 2.22. The Balaban J connectivity index is 2.02. The van der Waals surface area contributed by atoms with E-state index in [1.54, 1.807) is 6.20 Å². The molecule has 1 heterocycles. The minimum absolute atomic E-state index is 0.626. The average molecular weight is 233 g/mol. The topological polar surface area (TPSA) is 30.7 Å². The minimum atomic E-state index is 0.626. The van der Waals surface area contributed by atoms with Crippen LogP contribution in [0.5, 0.6) is 0 Å². The smallest absolute Gasteiger partial charge is 0.0693 e. The number of hydrogen-bond acceptors (Lipinski definition) is 3. The molecule has 84 valence electrons. The lowest BCUT2D eigenvalue weighted by atomic mass is 10.2. The first-order chi connectivity index (χ1) is 7.74. The van der Waals surface area contributed by atoms with Gasteiger partial charge in [0, 0.05) is 16.3 Å². The van der Waals surface area contributed by atoms with E-state index >= 15 is 0 Å². The predicted molar refractivity (Wildman–Crippen MR) is 66.6 cm³/mol. The molecule has 3 nitrogen and oxygen atoms in total. The van der Waals surface area contributed by atoms with E-state index in [4.69, 9.17) is 0 Å². The molecule has 0 amide bonds. The van der Waals surface area contributed by atoms with Crippen molar-refractivity contribution in [2.75, 3.05) is 0 Å². The van der Waals surface area contributed by atoms with Crippen molar-refractivity contribution in [3.63, 3.8) is 0 Å². The standard InChI is InChI=1S/C12H15N3S/c1-10(2)16-12-5-3-11(4-6-12)9-15-8-7-13-14-15/h3-8,10H,9H2,1-2H3. The second-order valence-corrected chi connectivity index (χ2v) is 5.56. The van der Waals surface area contributed by atoms with Crippen molar-refractivity contribution in [3.05, 3.63) is 42.2 Å². The Kier molecular flexibility index (Phi) is 3.62. The lowest BCUT2D eigenvalue weighted by Gasteiger charge is -2.06. The van der Waals surface area contributed by atoms with Crippen LogP contribution in [0.15, 0.2) is 41.6 Å². The van der Waals surface area contributed by atoms with Gasteiger partial charge in [0.05, 0.1) is 12.7 Å². The molecule has 4 heteroatoms. The quantitative estimate of drug-likeness (QED) is 0.761. The second kappa shape index (κ2) is 5.16. The third-order valence-corrected chi connectivity index (χ3v) is 3.13. The molecule has 0 radical (unpaired) electrons. The van der Waals surface area contributed by atoms with Gasteiger partial charge in [-0.25, -0.2) is 4.68 Å². The van der Waals surface area contributed by atoms with Crippen molar-refractivity contribution in [1.29, 1.82) is 0 Å². The van der Waals surface area contributed by atoms with Crippen LogP contribution in [0.1, 0.15) is 19.4 Å². The third kappa shape index (κ3) is 3.10. The summed E-state index contributed by atoms with van der Waals surface area (Å²) in [6.45, 7) is 5.19. The van der Waals surface area contributed by atoms with Crippen LogP contribution in [0, 0.1) is 0 Å². The first kappa shape index (κ1) is 11.2. The highest BCUT2D eigenvalue weighted by molar-refractivity contribution is 7.99. The summed E-state index contributed by atoms with van der Waals surface area (Å²) in [5.41, 5.74) is 1.25. The molecule has 0 saturated carbocycles. The maximum absolute atomic E-state index is 3.94. The van der Waals surface area contributed by atoms with Gasteiger partial charge in [-0.15, -0.1) is 16.9 Å². The molecule has 16 heavy (non-hydrogen) atoms. The summed E-state index contributed by atoms with van der Waals surface area (Å²) in [5.74, 6) is 0. The first-order valence-corrected chi connectivity index (χ1v) is 6.22. The third-order valence-electron chi connectivity index (χ3n) is 2.11. The number of hydrogen-bond donors (Lipinski definition) is 0. The highest BCUT2D eigenvalue weighted by Gasteiger charge is 1.99. The molecule has 0 saturated heterocycles. The summed E-state index contributed by atoms with van der Waals surface area (Å²) in [4.78, 5) is 1.32. The molecule has 0 unspecified atom stereocenters. The molecule has 2 rings (SSSR count). The Bertz CT molecular complexity index is 420. The van der Waals surface area contributed by atoms with Gasteiger partial charge in [0.2, 0.25) is 0 Å². The summed E-state index contributed by atoms with van der Waals surface area (Å²) in [6, 6.07) is 8.62. The van der Waals surface area contributed by atoms with Crippen LogP contribution < -0.4 is 0 Å². The molecule has 0 atom stereocenters. The monoisotopic (exact) mass is 233 g/mol. The number of aromatic nitrogens is 3. The molecule has 0 bridgehead atoms. The van der Waals surface area contributed by atoms with Crippen molar-refractivity contribution < 1.29 is 0 Å². The van der Waals surface area contributed by atoms with Gasteiger partial charge in [-0.1, -0.05) is 31.2 Å². The van der Waals surface area contributed by atoms with E-state index in [-0.39, 0.29) is 0 Å². The Morgan fingerprint density at radius 2 is 2.00 bits per heavy atom. The molecule has 1 aromatic heterocycles. The molecule has 0 aliphatic carbocycles. The maximum Gasteiger partial charge on any atom is 0.0693 e. The molecule has 0 fully saturated rings. The van der Waals surface area contributed by atoms with Crippen LogP contribution >= 0.6 is 11.8 Å². The lowest BCUT2D eigenvalue weighted by molar-refractivity contribution is 0.649. The van der Waals surface area contributed by atoms with Crippen LogP contribution in [-0.2, 0) is 6.54 Å². The van der Waals surface area contributed by atoms with E-state index in [1.807, 2.05) is 22.6 Å². The summed E-state index contributed by atoms with van der Waals surface area (Å²) < 4.78 is 1.82. The molecule has 1 aromatic carbocycles. The zero-order chi connectivity index (χ0) is 11.4. The van der Waals surface area contributed by atoms with Gasteiger partial charge in [-0.05, 0) is 17.7 Å². The zero-order valence-electron chi connectivity index (χ0n) is 9.50. The van der Waals surface area contributed by atoms with Crippen LogP contribution in [-0.4, -0.2) is 20.2 Å². The SMILES string of the molecule is CC(C)Sc1ccc(Cn2ccnn2)cc1. The van der Waals surface area contributed by atoms with Gasteiger partial charge in [0.25, 0.3) is 0 Å². The van der Waals surface area contributed by atoms with Crippen LogP contribution in [0.2, 0.25) is 0 Å². The highest BCUT2D eigenvalue weighted by atomic mass is 32.2. The van der Waals surface area contributed by atoms with Gasteiger partial charge >= 0.3 is 0 Å². The summed E-state index contributed by atoms with van der Waals surface area (Å²) in [6.07, 6.45) is 3.57. The number of rotatable bonds is 4. The van der Waals surface area contributed by atoms with Crippen molar-refractivity contribution >= 4 is 11.8 Å². The summed E-state index contributed by atoms with van der Waals surface area (Å²) >= 11 is 1.88. The van der Waals surface area contributed by atoms with Gasteiger partial charge < -0.3 is 0 Å². The van der Waals surface area contributed by atoms with Gasteiger partial charge in [0.1, 0.15) is 0 Å². The van der Waals surface area contributed by atoms with Crippen molar-refractivity contribution in [1.82, 2.24) is 15.0 Å². The largest absolute Gasteiger partial charge is 0.248 e. The molecule has 0 N–H and O–H groups in total. The molecule has 0 spiro atoms. The Hall–Kier alpha value is -1.29. The molecular weight excluding hydrogens is 218 g/mol. The minimum Gasteiger partial charge on any atom is -0.248 e. The Labute approximate surface area is 99.9 Å². The summed E-state index contributed by atoms with van der Waals surface area (Å²) in [5, 5.41) is 8.35. The normalized spacial score (nSPS) is 10.9. The van der Waals surface area contributed by atoms with Crippen LogP contribution in [0.25, 0.3) is 0 Å². The molecule has 2 aromatic rings. The summed E-state index contributed by atoms with van der Waals surface area (Å²) in [7, 11) is 0. The predicted octanol–water partition coefficient (Wildman–Crippen LogP) is 2.83. The lowest BCUT2D eigenvalue weighted by Crippen LogP contribution is -2.00. The fourth-order valence-electron chi connectivity index (χ4n) is 1.45. The van der Waals surface area contributed by atoms with Crippen molar-refractivity contribution in [3.8, 4) is 0 Å². The zero-order valence-corrected chi connectivity index (χ0v) is 10.3. The van der Waals surface area contributed by atoms with E-state index in [1.165, 1.54) is 10.5 Å². The second-order valence-electron chi connectivity index (χ2n) is 3.91. The van der Waals surface area contributed by atoms with Crippen molar-refractivity contribution in [2.45, 2.75) is 30.5 Å². The fourth-order valence-corrected chi connectivity index (χ4v) is 2.29. The van der Waals surface area contributed by atoms with Crippen LogP contribution in [0.4, 0.5) is 0 Å². The molecule has 0 aliphatic rings. The average Bonchev–Trinajstić information content (AvgIpc) is 2.73. The number of thioether (sulfide) groups is 1. The number of benzene rings is 1. The van der Waals surface area contributed by atoms with E-state index < -0.39 is 0 Å². The van der Waals surface area contributed by atoms with Gasteiger partial charge in [-0.3, -0.25) is 0 Å². The fraction of sp³-hybridized carbons (Fsp3) is 0.333. The Morgan fingerprint density at radius 1 is 1.25 bits per heavy atom. The number of nitrogens with zero attached hydrogens (tertiary/aromatic N) is 3. The van der Waals surface area contributed by atoms with E-state index in [0.29, 0.717) is 5.25 Å². The van der Waals surface area contributed by atoms with E-state index in [0.717, 1.165) is 6.54 Å². The van der Waals surface area contributed by atoms with Crippen molar-refractivity contribution in [2.24, 2.45) is 0 Å². The van der Waals surface area contributed by atoms with E-state index in [9.17, 15) is 0 Å². The van der Waals surface area contributed by atoms with Crippen LogP contribution in [0.3, 0.4) is 0 Å². The molecule has 0 aliphatic heterocycles. The Morgan fingerprint density at radius 3 is 2.56 bits per heavy atom. The van der Waals surface area contributed by atoms with Gasteiger partial charge in [0.15, 0.2) is 0 Å².